The van der Waals surface area contributed by atoms with Crippen molar-refractivity contribution in [1.82, 2.24) is 4.90 Å². The zero-order valence-electron chi connectivity index (χ0n) is 15.3. The van der Waals surface area contributed by atoms with Crippen molar-refractivity contribution in [3.8, 4) is 0 Å². The summed E-state index contributed by atoms with van der Waals surface area (Å²) in [6.45, 7) is 17.4. The molecule has 1 saturated heterocycles. The average Bonchev–Trinajstić information content (AvgIpc) is 2.36. The van der Waals surface area contributed by atoms with E-state index in [1.807, 2.05) is 0 Å². The first-order chi connectivity index (χ1) is 10.2. The summed E-state index contributed by atoms with van der Waals surface area (Å²) in [5.41, 5.74) is 4.42. The molecule has 2 unspecified atom stereocenters. The minimum absolute atomic E-state index is 0.233. The molecule has 0 saturated carbocycles. The Bertz CT molecular complexity index is 494. The third kappa shape index (κ3) is 4.98. The van der Waals surface area contributed by atoms with Gasteiger partial charge in [-0.3, -0.25) is 4.90 Å². The summed E-state index contributed by atoms with van der Waals surface area (Å²) in [6, 6.07) is 9.05. The van der Waals surface area contributed by atoms with E-state index in [-0.39, 0.29) is 5.41 Å². The van der Waals surface area contributed by atoms with Crippen LogP contribution in [0.25, 0.3) is 6.08 Å². The van der Waals surface area contributed by atoms with Gasteiger partial charge in [0.2, 0.25) is 0 Å². The molecule has 0 spiro atoms. The molecular formula is C21H33N. The molecule has 2 rings (SSSR count). The van der Waals surface area contributed by atoms with E-state index in [0.29, 0.717) is 0 Å². The maximum atomic E-state index is 2.62. The molecule has 1 aliphatic heterocycles. The third-order valence-electron chi connectivity index (χ3n) is 4.61. The van der Waals surface area contributed by atoms with Gasteiger partial charge in [0.1, 0.15) is 0 Å². The summed E-state index contributed by atoms with van der Waals surface area (Å²) < 4.78 is 0. The Labute approximate surface area is 137 Å². The van der Waals surface area contributed by atoms with E-state index in [9.17, 15) is 0 Å². The Morgan fingerprint density at radius 2 is 1.64 bits per heavy atom. The predicted molar refractivity (Wildman–Crippen MR) is 98.2 cm³/mol. The van der Waals surface area contributed by atoms with E-state index in [1.165, 1.54) is 36.2 Å². The second kappa shape index (κ2) is 7.00. The largest absolute Gasteiger partial charge is 0.299 e. The van der Waals surface area contributed by atoms with Crippen molar-refractivity contribution in [2.24, 2.45) is 11.8 Å². The summed E-state index contributed by atoms with van der Waals surface area (Å²) in [7, 11) is 0. The number of nitrogens with zero attached hydrogens (tertiary/aromatic N) is 1. The molecule has 2 atom stereocenters. The Kier molecular flexibility index (Phi) is 5.50. The summed E-state index contributed by atoms with van der Waals surface area (Å²) in [6.07, 6.45) is 3.73. The molecule has 22 heavy (non-hydrogen) atoms. The molecule has 1 aromatic carbocycles. The van der Waals surface area contributed by atoms with E-state index in [1.54, 1.807) is 0 Å². The molecule has 0 radical (unpaired) electrons. The first-order valence-electron chi connectivity index (χ1n) is 8.74. The summed E-state index contributed by atoms with van der Waals surface area (Å²) in [4.78, 5) is 2.62. The molecule has 0 amide bonds. The van der Waals surface area contributed by atoms with Crippen molar-refractivity contribution in [3.63, 3.8) is 0 Å². The van der Waals surface area contributed by atoms with E-state index >= 15 is 0 Å². The first-order valence-corrected chi connectivity index (χ1v) is 8.74. The first kappa shape index (κ1) is 17.3. The molecule has 1 heterocycles. The molecule has 1 heteroatoms. The summed E-state index contributed by atoms with van der Waals surface area (Å²) in [5.74, 6) is 1.67. The normalized spacial score (nSPS) is 24.5. The molecular weight excluding hydrogens is 266 g/mol. The van der Waals surface area contributed by atoms with Crippen molar-refractivity contribution < 1.29 is 0 Å². The molecule has 0 aliphatic carbocycles. The number of benzene rings is 1. The van der Waals surface area contributed by atoms with Crippen LogP contribution in [0.4, 0.5) is 0 Å². The zero-order chi connectivity index (χ0) is 16.3. The van der Waals surface area contributed by atoms with Gasteiger partial charge >= 0.3 is 0 Å². The van der Waals surface area contributed by atoms with Crippen molar-refractivity contribution in [3.05, 3.63) is 41.0 Å². The van der Waals surface area contributed by atoms with Crippen LogP contribution >= 0.6 is 0 Å². The van der Waals surface area contributed by atoms with E-state index < -0.39 is 0 Å². The van der Waals surface area contributed by atoms with Crippen molar-refractivity contribution in [1.29, 1.82) is 0 Å². The van der Waals surface area contributed by atoms with Crippen LogP contribution in [0, 0.1) is 11.8 Å². The maximum absolute atomic E-state index is 2.62. The van der Waals surface area contributed by atoms with Gasteiger partial charge < -0.3 is 0 Å². The Hall–Kier alpha value is -1.08. The van der Waals surface area contributed by atoms with Crippen LogP contribution in [0.3, 0.4) is 0 Å². The second-order valence-electron chi connectivity index (χ2n) is 8.50. The van der Waals surface area contributed by atoms with Crippen molar-refractivity contribution >= 4 is 6.08 Å². The fourth-order valence-corrected chi connectivity index (χ4v) is 3.68. The number of hydrogen-bond donors (Lipinski definition) is 0. The quantitative estimate of drug-likeness (QED) is 0.725. The zero-order valence-corrected chi connectivity index (χ0v) is 15.3. The Morgan fingerprint density at radius 3 is 2.14 bits per heavy atom. The predicted octanol–water partition coefficient (Wildman–Crippen LogP) is 5.37. The van der Waals surface area contributed by atoms with Crippen LogP contribution < -0.4 is 0 Å². The highest BCUT2D eigenvalue weighted by molar-refractivity contribution is 5.53. The average molecular weight is 300 g/mol. The molecule has 0 bridgehead atoms. The Morgan fingerprint density at radius 1 is 1.09 bits per heavy atom. The number of hydrogen-bond acceptors (Lipinski definition) is 1. The summed E-state index contributed by atoms with van der Waals surface area (Å²) in [5, 5.41) is 0. The van der Waals surface area contributed by atoms with Gasteiger partial charge in [-0.15, -0.1) is 0 Å². The van der Waals surface area contributed by atoms with Gasteiger partial charge in [0.15, 0.2) is 0 Å². The number of piperidine rings is 1. The van der Waals surface area contributed by atoms with Gasteiger partial charge in [-0.2, -0.15) is 0 Å². The van der Waals surface area contributed by atoms with E-state index in [4.69, 9.17) is 0 Å². The molecule has 1 fully saturated rings. The van der Waals surface area contributed by atoms with Crippen LogP contribution in [-0.4, -0.2) is 24.5 Å². The lowest BCUT2D eigenvalue weighted by Crippen LogP contribution is -2.39. The SMILES string of the molecule is CC(=Cc1ccc(C(C)(C)C)cc1)CN1CC(C)CC(C)C1. The smallest absolute Gasteiger partial charge is 0.0193 e. The van der Waals surface area contributed by atoms with Gasteiger partial charge in [0, 0.05) is 19.6 Å². The standard InChI is InChI=1S/C21H33N/c1-16-11-17(2)14-22(13-16)15-18(3)12-19-7-9-20(10-8-19)21(4,5)6/h7-10,12,16-17H,11,13-15H2,1-6H3. The molecule has 1 aliphatic rings. The molecule has 0 aromatic heterocycles. The highest BCUT2D eigenvalue weighted by Crippen LogP contribution is 2.24. The van der Waals surface area contributed by atoms with Crippen LogP contribution in [0.1, 0.15) is 59.1 Å². The van der Waals surface area contributed by atoms with Crippen molar-refractivity contribution in [2.45, 2.75) is 53.4 Å². The summed E-state index contributed by atoms with van der Waals surface area (Å²) >= 11 is 0. The molecule has 122 valence electrons. The molecule has 1 aromatic rings. The molecule has 1 nitrogen and oxygen atoms in total. The third-order valence-corrected chi connectivity index (χ3v) is 4.61. The van der Waals surface area contributed by atoms with Gasteiger partial charge in [0.05, 0.1) is 0 Å². The highest BCUT2D eigenvalue weighted by Gasteiger charge is 2.21. The van der Waals surface area contributed by atoms with Crippen LogP contribution in [0.15, 0.2) is 29.8 Å². The topological polar surface area (TPSA) is 3.24 Å². The second-order valence-corrected chi connectivity index (χ2v) is 8.50. The highest BCUT2D eigenvalue weighted by atomic mass is 15.1. The van der Waals surface area contributed by atoms with Crippen LogP contribution in [-0.2, 0) is 5.41 Å². The number of rotatable bonds is 3. The van der Waals surface area contributed by atoms with Gasteiger partial charge in [-0.1, -0.05) is 70.5 Å². The van der Waals surface area contributed by atoms with Gasteiger partial charge in [-0.05, 0) is 41.7 Å². The Balaban J connectivity index is 2.00. The lowest BCUT2D eigenvalue weighted by molar-refractivity contribution is 0.152. The lowest BCUT2D eigenvalue weighted by atomic mass is 9.86. The fourth-order valence-electron chi connectivity index (χ4n) is 3.68. The minimum atomic E-state index is 0.233. The molecule has 0 N–H and O–H groups in total. The lowest BCUT2D eigenvalue weighted by Gasteiger charge is -2.35. The van der Waals surface area contributed by atoms with Gasteiger partial charge in [0.25, 0.3) is 0 Å². The number of likely N-dealkylation sites (tertiary alicyclic amines) is 1. The van der Waals surface area contributed by atoms with E-state index in [0.717, 1.165) is 18.4 Å². The fraction of sp³-hybridized carbons (Fsp3) is 0.619. The van der Waals surface area contributed by atoms with Crippen LogP contribution in [0.2, 0.25) is 0 Å². The van der Waals surface area contributed by atoms with Gasteiger partial charge in [-0.25, -0.2) is 0 Å². The van der Waals surface area contributed by atoms with Crippen molar-refractivity contribution in [2.75, 3.05) is 19.6 Å². The van der Waals surface area contributed by atoms with Crippen LogP contribution in [0.5, 0.6) is 0 Å². The van der Waals surface area contributed by atoms with E-state index in [2.05, 4.69) is 76.8 Å². The maximum Gasteiger partial charge on any atom is 0.0193 e. The monoisotopic (exact) mass is 299 g/mol. The minimum Gasteiger partial charge on any atom is -0.299 e.